The van der Waals surface area contributed by atoms with Crippen molar-refractivity contribution in [2.75, 3.05) is 7.11 Å². The van der Waals surface area contributed by atoms with Gasteiger partial charge in [0.15, 0.2) is 11.2 Å². The second kappa shape index (κ2) is 8.24. The lowest BCUT2D eigenvalue weighted by atomic mass is 10.2. The Morgan fingerprint density at radius 3 is 2.48 bits per heavy atom. The standard InChI is InChI=1S/C22H20Cl2N4O3/c1-13(2)27-21(29)19-20(28(22(27)30)17-6-4-5-7-18(17)31-3)25-12-26(19)11-14-8-9-15(23)16(24)10-14/h4-10,12-13H,11H2,1-3H3. The first-order valence-electron chi connectivity index (χ1n) is 9.63. The van der Waals surface area contributed by atoms with E-state index in [-0.39, 0.29) is 11.7 Å². The van der Waals surface area contributed by atoms with Gasteiger partial charge in [-0.15, -0.1) is 0 Å². The van der Waals surface area contributed by atoms with Gasteiger partial charge >= 0.3 is 5.69 Å². The fourth-order valence-electron chi connectivity index (χ4n) is 3.59. The second-order valence-electron chi connectivity index (χ2n) is 7.35. The SMILES string of the molecule is COc1ccccc1-n1c(=O)n(C(C)C)c(=O)c2c1ncn2Cc1ccc(Cl)c(Cl)c1. The van der Waals surface area contributed by atoms with Gasteiger partial charge in [0.25, 0.3) is 5.56 Å². The molecular weight excluding hydrogens is 439 g/mol. The van der Waals surface area contributed by atoms with E-state index in [2.05, 4.69) is 4.98 Å². The number of fused-ring (bicyclic) bond motifs is 1. The van der Waals surface area contributed by atoms with E-state index in [1.54, 1.807) is 55.1 Å². The van der Waals surface area contributed by atoms with Gasteiger partial charge in [-0.1, -0.05) is 41.4 Å². The lowest BCUT2D eigenvalue weighted by Gasteiger charge is -2.16. The Morgan fingerprint density at radius 1 is 1.06 bits per heavy atom. The largest absolute Gasteiger partial charge is 0.495 e. The van der Waals surface area contributed by atoms with Crippen LogP contribution in [0.15, 0.2) is 58.4 Å². The zero-order valence-electron chi connectivity index (χ0n) is 17.2. The van der Waals surface area contributed by atoms with Crippen molar-refractivity contribution in [2.24, 2.45) is 0 Å². The first-order valence-corrected chi connectivity index (χ1v) is 10.4. The minimum atomic E-state index is -0.475. The van der Waals surface area contributed by atoms with Crippen LogP contribution in [0.5, 0.6) is 5.75 Å². The maximum absolute atomic E-state index is 13.4. The smallest absolute Gasteiger partial charge is 0.337 e. The highest BCUT2D eigenvalue weighted by Crippen LogP contribution is 2.25. The van der Waals surface area contributed by atoms with Crippen molar-refractivity contribution >= 4 is 34.4 Å². The molecular formula is C22H20Cl2N4O3. The number of hydrogen-bond donors (Lipinski definition) is 0. The van der Waals surface area contributed by atoms with Crippen LogP contribution in [0.1, 0.15) is 25.5 Å². The van der Waals surface area contributed by atoms with Gasteiger partial charge in [0, 0.05) is 12.6 Å². The molecule has 4 aromatic rings. The fourth-order valence-corrected chi connectivity index (χ4v) is 3.92. The summed E-state index contributed by atoms with van der Waals surface area (Å²) >= 11 is 12.2. The maximum Gasteiger partial charge on any atom is 0.337 e. The molecule has 31 heavy (non-hydrogen) atoms. The van der Waals surface area contributed by atoms with E-state index in [1.807, 2.05) is 12.1 Å². The molecule has 7 nitrogen and oxygen atoms in total. The Balaban J connectivity index is 2.02. The van der Waals surface area contributed by atoms with Crippen molar-refractivity contribution in [2.45, 2.75) is 26.4 Å². The first-order chi connectivity index (χ1) is 14.8. The third kappa shape index (κ3) is 3.64. The van der Waals surface area contributed by atoms with Crippen molar-refractivity contribution in [1.29, 1.82) is 0 Å². The van der Waals surface area contributed by atoms with E-state index in [9.17, 15) is 9.59 Å². The van der Waals surface area contributed by atoms with Crippen LogP contribution in [-0.2, 0) is 6.54 Å². The maximum atomic E-state index is 13.4. The molecule has 0 radical (unpaired) electrons. The number of imidazole rings is 1. The number of hydrogen-bond acceptors (Lipinski definition) is 4. The molecule has 0 bridgehead atoms. The molecule has 160 valence electrons. The highest BCUT2D eigenvalue weighted by Gasteiger charge is 2.22. The van der Waals surface area contributed by atoms with Crippen LogP contribution in [0.3, 0.4) is 0 Å². The third-order valence-electron chi connectivity index (χ3n) is 5.03. The molecule has 0 atom stereocenters. The van der Waals surface area contributed by atoms with E-state index < -0.39 is 11.2 Å². The number of methoxy groups -OCH3 is 1. The summed E-state index contributed by atoms with van der Waals surface area (Å²) in [5.74, 6) is 0.499. The average Bonchev–Trinajstić information content (AvgIpc) is 3.14. The Bertz CT molecular complexity index is 1400. The van der Waals surface area contributed by atoms with E-state index in [4.69, 9.17) is 27.9 Å². The summed E-state index contributed by atoms with van der Waals surface area (Å²) in [6, 6.07) is 12.1. The number of halogens is 2. The van der Waals surface area contributed by atoms with Crippen LogP contribution in [0, 0.1) is 0 Å². The summed E-state index contributed by atoms with van der Waals surface area (Å²) in [7, 11) is 1.53. The highest BCUT2D eigenvalue weighted by molar-refractivity contribution is 6.42. The molecule has 9 heteroatoms. The van der Waals surface area contributed by atoms with Gasteiger partial charge in [-0.25, -0.2) is 14.3 Å². The predicted octanol–water partition coefficient (Wildman–Crippen LogP) is 4.29. The molecule has 2 aromatic heterocycles. The van der Waals surface area contributed by atoms with E-state index in [0.29, 0.717) is 33.5 Å². The summed E-state index contributed by atoms with van der Waals surface area (Å²) in [6.45, 7) is 3.92. The molecule has 0 aliphatic rings. The van der Waals surface area contributed by atoms with Crippen LogP contribution in [0.2, 0.25) is 10.0 Å². The Kier molecular flexibility index (Phi) is 5.64. The van der Waals surface area contributed by atoms with Gasteiger partial charge in [-0.3, -0.25) is 9.36 Å². The summed E-state index contributed by atoms with van der Waals surface area (Å²) in [5.41, 5.74) is 1.05. The molecule has 2 aromatic carbocycles. The molecule has 0 aliphatic heterocycles. The Hall–Kier alpha value is -3.03. The topological polar surface area (TPSA) is 71.1 Å². The molecule has 0 amide bonds. The van der Waals surface area contributed by atoms with Crippen molar-refractivity contribution in [3.05, 3.63) is 85.2 Å². The molecule has 0 saturated heterocycles. The van der Waals surface area contributed by atoms with Gasteiger partial charge in [0.05, 0.1) is 29.2 Å². The molecule has 0 unspecified atom stereocenters. The zero-order chi connectivity index (χ0) is 22.3. The normalized spacial score (nSPS) is 11.4. The van der Waals surface area contributed by atoms with Crippen molar-refractivity contribution in [3.63, 3.8) is 0 Å². The minimum absolute atomic E-state index is 0.261. The predicted molar refractivity (Wildman–Crippen MR) is 122 cm³/mol. The zero-order valence-corrected chi connectivity index (χ0v) is 18.7. The van der Waals surface area contributed by atoms with Gasteiger partial charge in [-0.2, -0.15) is 0 Å². The van der Waals surface area contributed by atoms with Gasteiger partial charge in [0.1, 0.15) is 5.75 Å². The van der Waals surface area contributed by atoms with Crippen LogP contribution < -0.4 is 16.0 Å². The van der Waals surface area contributed by atoms with Gasteiger partial charge < -0.3 is 9.30 Å². The number of para-hydroxylation sites is 2. The van der Waals surface area contributed by atoms with E-state index >= 15 is 0 Å². The molecule has 0 aliphatic carbocycles. The highest BCUT2D eigenvalue weighted by atomic mass is 35.5. The monoisotopic (exact) mass is 458 g/mol. The Morgan fingerprint density at radius 2 is 1.81 bits per heavy atom. The van der Waals surface area contributed by atoms with Crippen LogP contribution in [0.25, 0.3) is 16.9 Å². The van der Waals surface area contributed by atoms with Crippen LogP contribution in [-0.4, -0.2) is 25.8 Å². The number of benzene rings is 2. The van der Waals surface area contributed by atoms with Crippen molar-refractivity contribution in [1.82, 2.24) is 18.7 Å². The molecule has 0 saturated carbocycles. The number of rotatable bonds is 5. The molecule has 2 heterocycles. The van der Waals surface area contributed by atoms with Gasteiger partial charge in [-0.05, 0) is 43.7 Å². The lowest BCUT2D eigenvalue weighted by Crippen LogP contribution is -2.41. The fraction of sp³-hybridized carbons (Fsp3) is 0.227. The van der Waals surface area contributed by atoms with Crippen LogP contribution in [0.4, 0.5) is 0 Å². The molecule has 4 rings (SSSR count). The van der Waals surface area contributed by atoms with E-state index in [1.165, 1.54) is 16.2 Å². The van der Waals surface area contributed by atoms with Gasteiger partial charge in [0.2, 0.25) is 0 Å². The molecule has 0 N–H and O–H groups in total. The Labute approximate surface area is 188 Å². The lowest BCUT2D eigenvalue weighted by molar-refractivity contribution is 0.412. The molecule has 0 spiro atoms. The van der Waals surface area contributed by atoms with Crippen molar-refractivity contribution in [3.8, 4) is 11.4 Å². The number of nitrogens with zero attached hydrogens (tertiary/aromatic N) is 4. The second-order valence-corrected chi connectivity index (χ2v) is 8.17. The molecule has 0 fully saturated rings. The average molecular weight is 459 g/mol. The van der Waals surface area contributed by atoms with Crippen molar-refractivity contribution < 1.29 is 4.74 Å². The third-order valence-corrected chi connectivity index (χ3v) is 5.77. The van der Waals surface area contributed by atoms with Crippen LogP contribution >= 0.6 is 23.2 Å². The number of aromatic nitrogens is 4. The number of ether oxygens (including phenoxy) is 1. The minimum Gasteiger partial charge on any atom is -0.495 e. The summed E-state index contributed by atoms with van der Waals surface area (Å²) in [5, 5.41) is 0.877. The first kappa shape index (κ1) is 21.2. The summed E-state index contributed by atoms with van der Waals surface area (Å²) in [6.07, 6.45) is 1.55. The quantitative estimate of drug-likeness (QED) is 0.447. The summed E-state index contributed by atoms with van der Waals surface area (Å²) in [4.78, 5) is 31.1. The summed E-state index contributed by atoms with van der Waals surface area (Å²) < 4.78 is 9.80. The van der Waals surface area contributed by atoms with E-state index in [0.717, 1.165) is 5.56 Å².